The SMILES string of the molecule is Cc1nc2ncnn2c(C)c1CCC(=O)N(C)CCNC(=O)C(C)C. The minimum absolute atomic E-state index is 0.000641. The van der Waals surface area contributed by atoms with Gasteiger partial charge in [0.2, 0.25) is 11.8 Å². The van der Waals surface area contributed by atoms with Crippen molar-refractivity contribution < 1.29 is 9.59 Å². The second-order valence-corrected chi connectivity index (χ2v) is 6.49. The van der Waals surface area contributed by atoms with Crippen LogP contribution in [0.4, 0.5) is 0 Å². The Morgan fingerprint density at radius 3 is 2.72 bits per heavy atom. The van der Waals surface area contributed by atoms with Crippen LogP contribution in [0.2, 0.25) is 0 Å². The molecule has 0 unspecified atom stereocenters. The molecule has 0 aromatic carbocycles. The van der Waals surface area contributed by atoms with Crippen molar-refractivity contribution in [3.63, 3.8) is 0 Å². The number of carbonyl (C=O) groups excluding carboxylic acids is 2. The summed E-state index contributed by atoms with van der Waals surface area (Å²) in [7, 11) is 1.75. The molecule has 136 valence electrons. The average molecular weight is 346 g/mol. The highest BCUT2D eigenvalue weighted by atomic mass is 16.2. The summed E-state index contributed by atoms with van der Waals surface area (Å²) in [6.07, 6.45) is 2.46. The van der Waals surface area contributed by atoms with Crippen molar-refractivity contribution in [1.29, 1.82) is 0 Å². The van der Waals surface area contributed by atoms with Gasteiger partial charge in [0, 0.05) is 43.9 Å². The Morgan fingerprint density at radius 1 is 1.32 bits per heavy atom. The van der Waals surface area contributed by atoms with Gasteiger partial charge >= 0.3 is 0 Å². The predicted octanol–water partition coefficient (Wildman–Crippen LogP) is 0.904. The summed E-state index contributed by atoms with van der Waals surface area (Å²) in [4.78, 5) is 34.0. The Labute approximate surface area is 147 Å². The van der Waals surface area contributed by atoms with Gasteiger partial charge in [0.1, 0.15) is 6.33 Å². The van der Waals surface area contributed by atoms with E-state index in [1.54, 1.807) is 16.5 Å². The first-order chi connectivity index (χ1) is 11.8. The molecule has 0 fully saturated rings. The Morgan fingerprint density at radius 2 is 2.04 bits per heavy atom. The Bertz CT molecular complexity index is 768. The Kier molecular flexibility index (Phi) is 6.06. The van der Waals surface area contributed by atoms with Gasteiger partial charge in [-0.25, -0.2) is 9.50 Å². The van der Waals surface area contributed by atoms with Crippen molar-refractivity contribution in [2.24, 2.45) is 5.92 Å². The zero-order chi connectivity index (χ0) is 18.6. The van der Waals surface area contributed by atoms with E-state index in [0.29, 0.717) is 31.7 Å². The van der Waals surface area contributed by atoms with Crippen LogP contribution in [-0.4, -0.2) is 56.4 Å². The number of amides is 2. The molecule has 0 aliphatic carbocycles. The fourth-order valence-electron chi connectivity index (χ4n) is 2.62. The van der Waals surface area contributed by atoms with Gasteiger partial charge in [0.15, 0.2) is 0 Å². The fourth-order valence-corrected chi connectivity index (χ4v) is 2.62. The maximum Gasteiger partial charge on any atom is 0.252 e. The maximum absolute atomic E-state index is 12.3. The number of hydrogen-bond acceptors (Lipinski definition) is 5. The van der Waals surface area contributed by atoms with Crippen LogP contribution in [0, 0.1) is 19.8 Å². The monoisotopic (exact) mass is 346 g/mol. The van der Waals surface area contributed by atoms with Crippen molar-refractivity contribution >= 4 is 17.6 Å². The second-order valence-electron chi connectivity index (χ2n) is 6.49. The van der Waals surface area contributed by atoms with E-state index < -0.39 is 0 Å². The first-order valence-electron chi connectivity index (χ1n) is 8.48. The molecule has 8 nitrogen and oxygen atoms in total. The predicted molar refractivity (Wildman–Crippen MR) is 94.1 cm³/mol. The van der Waals surface area contributed by atoms with Gasteiger partial charge in [-0.15, -0.1) is 0 Å². The highest BCUT2D eigenvalue weighted by Crippen LogP contribution is 2.15. The van der Waals surface area contributed by atoms with Crippen LogP contribution in [0.25, 0.3) is 5.78 Å². The molecule has 8 heteroatoms. The molecule has 2 heterocycles. The van der Waals surface area contributed by atoms with Gasteiger partial charge in [-0.2, -0.15) is 10.1 Å². The molecule has 2 aromatic heterocycles. The number of rotatable bonds is 7. The first-order valence-corrected chi connectivity index (χ1v) is 8.48. The van der Waals surface area contributed by atoms with Gasteiger partial charge < -0.3 is 10.2 Å². The lowest BCUT2D eigenvalue weighted by molar-refractivity contribution is -0.130. The van der Waals surface area contributed by atoms with E-state index in [4.69, 9.17) is 0 Å². The zero-order valence-corrected chi connectivity index (χ0v) is 15.5. The lowest BCUT2D eigenvalue weighted by Gasteiger charge is -2.18. The third kappa shape index (κ3) is 4.52. The van der Waals surface area contributed by atoms with Crippen LogP contribution in [0.1, 0.15) is 37.2 Å². The van der Waals surface area contributed by atoms with Crippen LogP contribution >= 0.6 is 0 Å². The normalized spacial score (nSPS) is 11.1. The lowest BCUT2D eigenvalue weighted by Crippen LogP contribution is -2.37. The fraction of sp³-hybridized carbons (Fsp3) is 0.588. The number of aryl methyl sites for hydroxylation is 2. The van der Waals surface area contributed by atoms with E-state index in [-0.39, 0.29) is 17.7 Å². The molecule has 0 atom stereocenters. The number of nitrogens with one attached hydrogen (secondary N) is 1. The molecule has 0 radical (unpaired) electrons. The molecule has 2 aromatic rings. The largest absolute Gasteiger partial charge is 0.354 e. The van der Waals surface area contributed by atoms with Crippen LogP contribution in [0.15, 0.2) is 6.33 Å². The molecule has 25 heavy (non-hydrogen) atoms. The number of hydrogen-bond donors (Lipinski definition) is 1. The molecule has 0 aliphatic rings. The number of carbonyl (C=O) groups is 2. The highest BCUT2D eigenvalue weighted by molar-refractivity contribution is 5.78. The number of likely N-dealkylation sites (N-methyl/N-ethyl adjacent to an activating group) is 1. The van der Waals surface area contributed by atoms with Gasteiger partial charge in [0.25, 0.3) is 5.78 Å². The number of fused-ring (bicyclic) bond motifs is 1. The topological polar surface area (TPSA) is 92.5 Å². The van der Waals surface area contributed by atoms with Gasteiger partial charge in [-0.1, -0.05) is 13.8 Å². The Balaban J connectivity index is 1.90. The summed E-state index contributed by atoms with van der Waals surface area (Å²) in [5, 5.41) is 6.98. The van der Waals surface area contributed by atoms with E-state index in [1.807, 2.05) is 27.7 Å². The minimum Gasteiger partial charge on any atom is -0.354 e. The van der Waals surface area contributed by atoms with E-state index in [2.05, 4.69) is 20.4 Å². The van der Waals surface area contributed by atoms with Crippen molar-refractivity contribution in [1.82, 2.24) is 29.8 Å². The molecular weight excluding hydrogens is 320 g/mol. The van der Waals surface area contributed by atoms with Crippen LogP contribution < -0.4 is 5.32 Å². The third-order valence-corrected chi connectivity index (χ3v) is 4.27. The van der Waals surface area contributed by atoms with Crippen molar-refractivity contribution in [2.45, 2.75) is 40.5 Å². The molecule has 0 bridgehead atoms. The molecule has 0 saturated heterocycles. The first kappa shape index (κ1) is 18.8. The van der Waals surface area contributed by atoms with Crippen molar-refractivity contribution in [2.75, 3.05) is 20.1 Å². The molecule has 2 amide bonds. The standard InChI is InChI=1S/C17H26N6O2/c1-11(2)16(25)18-8-9-22(5)15(24)7-6-14-12(3)21-17-19-10-20-23(17)13(14)4/h10-11H,6-9H2,1-5H3,(H,18,25). The summed E-state index contributed by atoms with van der Waals surface area (Å²) < 4.78 is 1.69. The van der Waals surface area contributed by atoms with Gasteiger partial charge in [-0.05, 0) is 25.8 Å². The van der Waals surface area contributed by atoms with Crippen LogP contribution in [0.5, 0.6) is 0 Å². The lowest BCUT2D eigenvalue weighted by atomic mass is 10.1. The van der Waals surface area contributed by atoms with Crippen molar-refractivity contribution in [3.05, 3.63) is 23.3 Å². The molecular formula is C17H26N6O2. The smallest absolute Gasteiger partial charge is 0.252 e. The highest BCUT2D eigenvalue weighted by Gasteiger charge is 2.15. The van der Waals surface area contributed by atoms with Gasteiger partial charge in [-0.3, -0.25) is 9.59 Å². The summed E-state index contributed by atoms with van der Waals surface area (Å²) in [6.45, 7) is 8.52. The average Bonchev–Trinajstić information content (AvgIpc) is 3.02. The van der Waals surface area contributed by atoms with E-state index >= 15 is 0 Å². The third-order valence-electron chi connectivity index (χ3n) is 4.27. The molecule has 0 spiro atoms. The zero-order valence-electron chi connectivity index (χ0n) is 15.5. The summed E-state index contributed by atoms with van der Waals surface area (Å²) in [6, 6.07) is 0. The molecule has 0 saturated carbocycles. The second kappa shape index (κ2) is 8.04. The number of aromatic nitrogens is 4. The van der Waals surface area contributed by atoms with E-state index in [0.717, 1.165) is 17.0 Å². The van der Waals surface area contributed by atoms with E-state index in [1.165, 1.54) is 6.33 Å². The molecule has 0 aliphatic heterocycles. The maximum atomic E-state index is 12.3. The minimum atomic E-state index is -0.0499. The van der Waals surface area contributed by atoms with Gasteiger partial charge in [0.05, 0.1) is 0 Å². The van der Waals surface area contributed by atoms with E-state index in [9.17, 15) is 9.59 Å². The molecule has 1 N–H and O–H groups in total. The van der Waals surface area contributed by atoms with Crippen LogP contribution in [-0.2, 0) is 16.0 Å². The summed E-state index contributed by atoms with van der Waals surface area (Å²) in [5.74, 6) is 0.560. The molecule has 2 rings (SSSR count). The summed E-state index contributed by atoms with van der Waals surface area (Å²) >= 11 is 0. The Hall–Kier alpha value is -2.51. The van der Waals surface area contributed by atoms with Crippen LogP contribution in [0.3, 0.4) is 0 Å². The van der Waals surface area contributed by atoms with Crippen molar-refractivity contribution in [3.8, 4) is 0 Å². The number of nitrogens with zero attached hydrogens (tertiary/aromatic N) is 5. The summed E-state index contributed by atoms with van der Waals surface area (Å²) in [5.41, 5.74) is 2.85. The quantitative estimate of drug-likeness (QED) is 0.804.